The van der Waals surface area contributed by atoms with Gasteiger partial charge in [0.25, 0.3) is 0 Å². The van der Waals surface area contributed by atoms with Crippen molar-refractivity contribution >= 4 is 6.09 Å². The van der Waals surface area contributed by atoms with Crippen LogP contribution in [0.1, 0.15) is 57.4 Å². The predicted octanol–water partition coefficient (Wildman–Crippen LogP) is 3.72. The first-order valence-electron chi connectivity index (χ1n) is 7.97. The van der Waals surface area contributed by atoms with Gasteiger partial charge in [0.2, 0.25) is 0 Å². The van der Waals surface area contributed by atoms with Crippen LogP contribution in [0.2, 0.25) is 0 Å². The van der Waals surface area contributed by atoms with Crippen molar-refractivity contribution in [3.8, 4) is 0 Å². The van der Waals surface area contributed by atoms with E-state index in [0.717, 1.165) is 11.1 Å². The van der Waals surface area contributed by atoms with Gasteiger partial charge in [-0.25, -0.2) is 9.18 Å². The van der Waals surface area contributed by atoms with E-state index in [1.54, 1.807) is 17.0 Å². The minimum absolute atomic E-state index is 0.177. The summed E-state index contributed by atoms with van der Waals surface area (Å²) in [6.07, 6.45) is 0.226. The molecule has 1 N–H and O–H groups in total. The molecule has 4 nitrogen and oxygen atoms in total. The molecule has 5 heteroatoms. The van der Waals surface area contributed by atoms with Gasteiger partial charge in [-0.2, -0.15) is 0 Å². The van der Waals surface area contributed by atoms with Gasteiger partial charge in [0, 0.05) is 6.54 Å². The van der Waals surface area contributed by atoms with Crippen LogP contribution in [-0.2, 0) is 16.8 Å². The van der Waals surface area contributed by atoms with Crippen LogP contribution in [0, 0.1) is 0 Å². The molecule has 1 amide bonds. The minimum atomic E-state index is -1.50. The molecule has 2 rings (SSSR count). The van der Waals surface area contributed by atoms with E-state index in [4.69, 9.17) is 4.74 Å². The molecular weight excluding hydrogens is 297 g/mol. The summed E-state index contributed by atoms with van der Waals surface area (Å²) in [6.45, 7) is 8.57. The van der Waals surface area contributed by atoms with Crippen molar-refractivity contribution in [1.82, 2.24) is 4.90 Å². The Kier molecular flexibility index (Phi) is 4.71. The van der Waals surface area contributed by atoms with Crippen LogP contribution in [0.3, 0.4) is 0 Å². The summed E-state index contributed by atoms with van der Waals surface area (Å²) < 4.78 is 18.6. The molecule has 0 aromatic heterocycles. The average molecular weight is 323 g/mol. The van der Waals surface area contributed by atoms with Gasteiger partial charge in [0.15, 0.2) is 0 Å². The number of rotatable bonds is 2. The smallest absolute Gasteiger partial charge is 0.410 e. The monoisotopic (exact) mass is 323 g/mol. The number of aliphatic hydroxyl groups is 1. The Morgan fingerprint density at radius 1 is 1.39 bits per heavy atom. The van der Waals surface area contributed by atoms with E-state index in [0.29, 0.717) is 18.5 Å². The molecule has 1 aromatic carbocycles. The Balaban J connectivity index is 2.33. The zero-order valence-electron chi connectivity index (χ0n) is 14.5. The van der Waals surface area contributed by atoms with E-state index >= 15 is 0 Å². The molecule has 0 saturated carbocycles. The van der Waals surface area contributed by atoms with Crippen LogP contribution in [0.15, 0.2) is 18.2 Å². The lowest BCUT2D eigenvalue weighted by atomic mass is 9.84. The summed E-state index contributed by atoms with van der Waals surface area (Å²) in [5, 5.41) is 10.3. The van der Waals surface area contributed by atoms with Gasteiger partial charge in [-0.1, -0.05) is 18.2 Å². The summed E-state index contributed by atoms with van der Waals surface area (Å²) in [6, 6.07) is 5.31. The van der Waals surface area contributed by atoms with E-state index in [1.807, 2.05) is 33.8 Å². The molecule has 1 heterocycles. The average Bonchev–Trinajstić information content (AvgIpc) is 2.45. The van der Waals surface area contributed by atoms with Gasteiger partial charge in [-0.05, 0) is 57.7 Å². The first-order chi connectivity index (χ1) is 10.6. The van der Waals surface area contributed by atoms with Crippen molar-refractivity contribution < 1.29 is 19.0 Å². The molecule has 1 aliphatic heterocycles. The molecule has 2 unspecified atom stereocenters. The molecule has 128 valence electrons. The number of carbonyl (C=O) groups excluding carboxylic acids is 1. The minimum Gasteiger partial charge on any atom is -0.444 e. The van der Waals surface area contributed by atoms with Crippen molar-refractivity contribution in [2.24, 2.45) is 0 Å². The normalized spacial score (nSPS) is 20.7. The number of halogens is 1. The fourth-order valence-electron chi connectivity index (χ4n) is 3.02. The van der Waals surface area contributed by atoms with Crippen LogP contribution in [0.5, 0.6) is 0 Å². The third kappa shape index (κ3) is 3.66. The second kappa shape index (κ2) is 6.11. The van der Waals surface area contributed by atoms with E-state index in [1.165, 1.54) is 6.92 Å². The first-order valence-corrected chi connectivity index (χ1v) is 7.97. The zero-order chi connectivity index (χ0) is 17.4. The molecule has 0 radical (unpaired) electrons. The van der Waals surface area contributed by atoms with Gasteiger partial charge in [-0.15, -0.1) is 0 Å². The van der Waals surface area contributed by atoms with E-state index in [-0.39, 0.29) is 12.1 Å². The third-order valence-electron chi connectivity index (χ3n) is 4.20. The number of alkyl halides is 1. The molecule has 0 spiro atoms. The molecule has 0 saturated heterocycles. The Morgan fingerprint density at radius 3 is 2.61 bits per heavy atom. The first kappa shape index (κ1) is 17.7. The highest BCUT2D eigenvalue weighted by Gasteiger charge is 2.35. The Labute approximate surface area is 137 Å². The van der Waals surface area contributed by atoms with Crippen molar-refractivity contribution in [2.45, 2.75) is 58.3 Å². The summed E-state index contributed by atoms with van der Waals surface area (Å²) in [5.41, 5.74) is 0.430. The number of benzene rings is 1. The van der Waals surface area contributed by atoms with Crippen molar-refractivity contribution in [1.29, 1.82) is 0 Å². The van der Waals surface area contributed by atoms with Crippen LogP contribution in [0.25, 0.3) is 0 Å². The Bertz CT molecular complexity index is 592. The second-order valence-electron chi connectivity index (χ2n) is 7.38. The summed E-state index contributed by atoms with van der Waals surface area (Å²) in [4.78, 5) is 14.0. The number of amides is 1. The number of fused-ring (bicyclic) bond motifs is 1. The maximum atomic E-state index is 13.2. The fraction of sp³-hybridized carbons (Fsp3) is 0.611. The molecule has 1 aliphatic rings. The molecule has 0 aliphatic carbocycles. The van der Waals surface area contributed by atoms with Crippen LogP contribution >= 0.6 is 0 Å². The van der Waals surface area contributed by atoms with Gasteiger partial charge in [0.05, 0.1) is 6.04 Å². The predicted molar refractivity (Wildman–Crippen MR) is 87.0 cm³/mol. The highest BCUT2D eigenvalue weighted by molar-refractivity contribution is 5.69. The van der Waals surface area contributed by atoms with Crippen LogP contribution in [0.4, 0.5) is 9.18 Å². The van der Waals surface area contributed by atoms with Gasteiger partial charge >= 0.3 is 6.09 Å². The lowest BCUT2D eigenvalue weighted by Crippen LogP contribution is -2.43. The van der Waals surface area contributed by atoms with Crippen LogP contribution < -0.4 is 0 Å². The summed E-state index contributed by atoms with van der Waals surface area (Å²) in [5.74, 6) is 0. The number of hydrogen-bond donors (Lipinski definition) is 1. The van der Waals surface area contributed by atoms with Crippen LogP contribution in [-0.4, -0.2) is 34.9 Å². The fourth-order valence-corrected chi connectivity index (χ4v) is 3.02. The Morgan fingerprint density at radius 2 is 2.04 bits per heavy atom. The standard InChI is InChI=1S/C18H26FNO3/c1-12-13-7-6-8-15(18(5,22)11-19)14(13)9-10-20(12)16(21)23-17(2,3)4/h6-8,12,22H,9-11H2,1-5H3. The molecule has 0 fully saturated rings. The lowest BCUT2D eigenvalue weighted by molar-refractivity contribution is 0.0146. The largest absolute Gasteiger partial charge is 0.444 e. The highest BCUT2D eigenvalue weighted by Crippen LogP contribution is 2.36. The molecule has 23 heavy (non-hydrogen) atoms. The van der Waals surface area contributed by atoms with Gasteiger partial charge < -0.3 is 14.7 Å². The number of carbonyl (C=O) groups is 1. The number of hydrogen-bond acceptors (Lipinski definition) is 3. The third-order valence-corrected chi connectivity index (χ3v) is 4.20. The van der Waals surface area contributed by atoms with Gasteiger partial charge in [0.1, 0.15) is 17.9 Å². The van der Waals surface area contributed by atoms with Crippen molar-refractivity contribution in [3.05, 3.63) is 34.9 Å². The SMILES string of the molecule is CC1c2cccc(C(C)(O)CF)c2CCN1C(=O)OC(C)(C)C. The summed E-state index contributed by atoms with van der Waals surface area (Å²) in [7, 11) is 0. The number of nitrogens with zero attached hydrogens (tertiary/aromatic N) is 1. The molecular formula is C18H26FNO3. The second-order valence-corrected chi connectivity index (χ2v) is 7.38. The Hall–Kier alpha value is -1.62. The summed E-state index contributed by atoms with van der Waals surface area (Å²) >= 11 is 0. The van der Waals surface area contributed by atoms with E-state index < -0.39 is 17.9 Å². The molecule has 2 atom stereocenters. The maximum Gasteiger partial charge on any atom is 0.410 e. The zero-order valence-corrected chi connectivity index (χ0v) is 14.5. The van der Waals surface area contributed by atoms with Gasteiger partial charge in [-0.3, -0.25) is 0 Å². The van der Waals surface area contributed by atoms with E-state index in [9.17, 15) is 14.3 Å². The lowest BCUT2D eigenvalue weighted by Gasteiger charge is -2.38. The maximum absolute atomic E-state index is 13.2. The van der Waals surface area contributed by atoms with E-state index in [2.05, 4.69) is 0 Å². The highest BCUT2D eigenvalue weighted by atomic mass is 19.1. The topological polar surface area (TPSA) is 49.8 Å². The molecule has 0 bridgehead atoms. The quantitative estimate of drug-likeness (QED) is 0.902. The van der Waals surface area contributed by atoms with Crippen molar-refractivity contribution in [3.63, 3.8) is 0 Å². The van der Waals surface area contributed by atoms with Crippen molar-refractivity contribution in [2.75, 3.05) is 13.2 Å². The number of ether oxygens (including phenoxy) is 1. The molecule has 1 aromatic rings.